The van der Waals surface area contributed by atoms with Gasteiger partial charge in [-0.1, -0.05) is 22.0 Å². The third kappa shape index (κ3) is 3.36. The van der Waals surface area contributed by atoms with Crippen molar-refractivity contribution in [2.24, 2.45) is 5.84 Å². The number of hydrazine groups is 1. The van der Waals surface area contributed by atoms with Gasteiger partial charge in [0, 0.05) is 4.47 Å². The lowest BCUT2D eigenvalue weighted by Crippen LogP contribution is -2.29. The Bertz CT molecular complexity index is 595. The smallest absolute Gasteiger partial charge is 0.300 e. The van der Waals surface area contributed by atoms with Gasteiger partial charge in [-0.15, -0.1) is 0 Å². The van der Waals surface area contributed by atoms with Crippen LogP contribution in [0.3, 0.4) is 0 Å². The Morgan fingerprint density at radius 1 is 1.42 bits per heavy atom. The van der Waals surface area contributed by atoms with E-state index in [1.54, 1.807) is 12.1 Å². The Labute approximate surface area is 118 Å². The molecule has 0 saturated carbocycles. The van der Waals surface area contributed by atoms with Crippen molar-refractivity contribution in [1.29, 1.82) is 0 Å². The Morgan fingerprint density at radius 3 is 2.95 bits per heavy atom. The Kier molecular flexibility index (Phi) is 4.24. The zero-order valence-electron chi connectivity index (χ0n) is 10.3. The van der Waals surface area contributed by atoms with Crippen molar-refractivity contribution in [1.82, 2.24) is 5.43 Å². The Morgan fingerprint density at radius 2 is 2.21 bits per heavy atom. The largest absolute Gasteiger partial charge is 0.485 e. The molecule has 1 heterocycles. The maximum Gasteiger partial charge on any atom is 0.300 e. The van der Waals surface area contributed by atoms with Gasteiger partial charge in [-0.05, 0) is 36.8 Å². The van der Waals surface area contributed by atoms with E-state index in [-0.39, 0.29) is 12.4 Å². The van der Waals surface area contributed by atoms with Gasteiger partial charge in [-0.25, -0.2) is 5.84 Å². The number of aryl methyl sites for hydroxylation is 1. The summed E-state index contributed by atoms with van der Waals surface area (Å²) < 4.78 is 11.9. The second-order valence-electron chi connectivity index (χ2n) is 3.94. The van der Waals surface area contributed by atoms with E-state index < -0.39 is 5.91 Å². The number of nitrogen functional groups attached to an aromatic ring is 1. The second-order valence-corrected chi connectivity index (χ2v) is 4.85. The summed E-state index contributed by atoms with van der Waals surface area (Å²) in [5.41, 5.74) is 3.03. The first-order chi connectivity index (χ1) is 9.10. The molecular weight excluding hydrogens is 312 g/mol. The van der Waals surface area contributed by atoms with Gasteiger partial charge in [0.05, 0.1) is 0 Å². The van der Waals surface area contributed by atoms with E-state index in [9.17, 15) is 4.79 Å². The summed E-state index contributed by atoms with van der Waals surface area (Å²) in [6.45, 7) is 2.20. The molecule has 0 atom stereocenters. The predicted molar refractivity (Wildman–Crippen MR) is 73.6 cm³/mol. The van der Waals surface area contributed by atoms with Gasteiger partial charge in [0.2, 0.25) is 0 Å². The van der Waals surface area contributed by atoms with Crippen molar-refractivity contribution in [3.63, 3.8) is 0 Å². The molecule has 6 heteroatoms. The number of rotatable bonds is 4. The molecule has 0 aliphatic heterocycles. The minimum Gasteiger partial charge on any atom is -0.485 e. The molecule has 1 aromatic carbocycles. The molecule has 100 valence electrons. The average molecular weight is 325 g/mol. The van der Waals surface area contributed by atoms with Gasteiger partial charge in [-0.2, -0.15) is 0 Å². The first-order valence-corrected chi connectivity index (χ1v) is 6.38. The maximum atomic E-state index is 11.2. The second kappa shape index (κ2) is 5.90. The lowest BCUT2D eigenvalue weighted by molar-refractivity contribution is 0.0922. The third-order valence-corrected chi connectivity index (χ3v) is 3.03. The van der Waals surface area contributed by atoms with Crippen LogP contribution in [-0.2, 0) is 6.61 Å². The highest BCUT2D eigenvalue weighted by atomic mass is 79.9. The molecule has 2 rings (SSSR count). The molecule has 1 aromatic heterocycles. The molecule has 0 unspecified atom stereocenters. The number of carbonyl (C=O) groups is 1. The van der Waals surface area contributed by atoms with Crippen molar-refractivity contribution >= 4 is 21.8 Å². The van der Waals surface area contributed by atoms with Crippen molar-refractivity contribution in [3.8, 4) is 5.75 Å². The third-order valence-electron chi connectivity index (χ3n) is 2.54. The van der Waals surface area contributed by atoms with Crippen LogP contribution in [0.1, 0.15) is 21.9 Å². The molecule has 0 saturated heterocycles. The van der Waals surface area contributed by atoms with Crippen LogP contribution in [0.4, 0.5) is 0 Å². The van der Waals surface area contributed by atoms with E-state index in [0.29, 0.717) is 5.76 Å². The minimum absolute atomic E-state index is 0.159. The van der Waals surface area contributed by atoms with Gasteiger partial charge in [0.15, 0.2) is 5.76 Å². The van der Waals surface area contributed by atoms with E-state index in [0.717, 1.165) is 15.8 Å². The number of benzene rings is 1. The fourth-order valence-electron chi connectivity index (χ4n) is 1.53. The molecule has 0 radical (unpaired) electrons. The van der Waals surface area contributed by atoms with E-state index in [2.05, 4.69) is 15.9 Å². The molecule has 19 heavy (non-hydrogen) atoms. The Balaban J connectivity index is 2.04. The van der Waals surface area contributed by atoms with E-state index in [1.165, 1.54) is 0 Å². The summed E-state index contributed by atoms with van der Waals surface area (Å²) in [5.74, 6) is 6.02. The Hall–Kier alpha value is -1.79. The van der Waals surface area contributed by atoms with Gasteiger partial charge >= 0.3 is 5.91 Å². The van der Waals surface area contributed by atoms with Gasteiger partial charge in [0.25, 0.3) is 0 Å². The number of furan rings is 1. The van der Waals surface area contributed by atoms with Crippen LogP contribution in [0.5, 0.6) is 5.75 Å². The minimum atomic E-state index is -0.468. The molecule has 3 N–H and O–H groups in total. The van der Waals surface area contributed by atoms with Crippen molar-refractivity contribution in [3.05, 3.63) is 51.9 Å². The lowest BCUT2D eigenvalue weighted by Gasteiger charge is -2.07. The number of ether oxygens (including phenoxy) is 1. The standard InChI is InChI=1S/C13H13BrN2O3/c1-8-2-3-9(14)6-12(8)18-7-10-4-5-11(19-10)13(17)16-15/h2-6H,7,15H2,1H3,(H,16,17). The zero-order valence-corrected chi connectivity index (χ0v) is 11.9. The van der Waals surface area contributed by atoms with Crippen molar-refractivity contribution in [2.45, 2.75) is 13.5 Å². The summed E-state index contributed by atoms with van der Waals surface area (Å²) in [4.78, 5) is 11.2. The molecule has 5 nitrogen and oxygen atoms in total. The van der Waals surface area contributed by atoms with E-state index in [4.69, 9.17) is 15.0 Å². The van der Waals surface area contributed by atoms with Crippen LogP contribution in [0, 0.1) is 6.92 Å². The number of halogens is 1. The summed E-state index contributed by atoms with van der Waals surface area (Å²) in [6.07, 6.45) is 0. The van der Waals surface area contributed by atoms with E-state index in [1.807, 2.05) is 30.5 Å². The van der Waals surface area contributed by atoms with Crippen LogP contribution < -0.4 is 16.0 Å². The van der Waals surface area contributed by atoms with Gasteiger partial charge in [0.1, 0.15) is 18.1 Å². The summed E-state index contributed by atoms with van der Waals surface area (Å²) >= 11 is 3.38. The quantitative estimate of drug-likeness (QED) is 0.514. The SMILES string of the molecule is Cc1ccc(Br)cc1OCc1ccc(C(=O)NN)o1. The van der Waals surface area contributed by atoms with E-state index >= 15 is 0 Å². The normalized spacial score (nSPS) is 10.3. The topological polar surface area (TPSA) is 77.5 Å². The fraction of sp³-hybridized carbons (Fsp3) is 0.154. The first-order valence-electron chi connectivity index (χ1n) is 5.59. The molecule has 0 aliphatic carbocycles. The number of carbonyl (C=O) groups excluding carboxylic acids is 1. The number of hydrogen-bond donors (Lipinski definition) is 2. The summed E-state index contributed by atoms with van der Waals surface area (Å²) in [7, 11) is 0. The molecule has 0 bridgehead atoms. The zero-order chi connectivity index (χ0) is 13.8. The van der Waals surface area contributed by atoms with Crippen molar-refractivity contribution < 1.29 is 13.9 Å². The predicted octanol–water partition coefficient (Wildman–Crippen LogP) is 2.53. The highest BCUT2D eigenvalue weighted by Crippen LogP contribution is 2.24. The molecule has 0 spiro atoms. The number of amides is 1. The average Bonchev–Trinajstić information content (AvgIpc) is 2.88. The number of nitrogens with one attached hydrogen (secondary N) is 1. The van der Waals surface area contributed by atoms with Crippen molar-refractivity contribution in [2.75, 3.05) is 0 Å². The highest BCUT2D eigenvalue weighted by molar-refractivity contribution is 9.10. The van der Waals surface area contributed by atoms with Crippen LogP contribution in [0.2, 0.25) is 0 Å². The molecular formula is C13H13BrN2O3. The molecule has 2 aromatic rings. The van der Waals surface area contributed by atoms with Crippen LogP contribution in [-0.4, -0.2) is 5.91 Å². The number of hydrogen-bond acceptors (Lipinski definition) is 4. The fourth-order valence-corrected chi connectivity index (χ4v) is 1.87. The molecule has 1 amide bonds. The maximum absolute atomic E-state index is 11.2. The monoisotopic (exact) mass is 324 g/mol. The molecule has 0 aliphatic rings. The first kappa shape index (κ1) is 13.6. The lowest BCUT2D eigenvalue weighted by atomic mass is 10.2. The number of nitrogens with two attached hydrogens (primary N) is 1. The summed E-state index contributed by atoms with van der Waals surface area (Å²) in [6, 6.07) is 9.01. The van der Waals surface area contributed by atoms with Gasteiger partial charge < -0.3 is 9.15 Å². The molecule has 0 fully saturated rings. The van der Waals surface area contributed by atoms with Crippen LogP contribution in [0.25, 0.3) is 0 Å². The van der Waals surface area contributed by atoms with Crippen LogP contribution >= 0.6 is 15.9 Å². The summed E-state index contributed by atoms with van der Waals surface area (Å²) in [5, 5.41) is 0. The highest BCUT2D eigenvalue weighted by Gasteiger charge is 2.10. The van der Waals surface area contributed by atoms with Crippen LogP contribution in [0.15, 0.2) is 39.2 Å². The van der Waals surface area contributed by atoms with Gasteiger partial charge in [-0.3, -0.25) is 10.2 Å².